The van der Waals surface area contributed by atoms with Gasteiger partial charge in [-0.2, -0.15) is 0 Å². The number of nitrogens with one attached hydrogen (secondary N) is 1. The van der Waals surface area contributed by atoms with E-state index in [1.165, 1.54) is 44.9 Å². The van der Waals surface area contributed by atoms with E-state index < -0.39 is 0 Å². The molecule has 1 saturated carbocycles. The van der Waals surface area contributed by atoms with E-state index in [0.29, 0.717) is 0 Å². The number of hydrogen-bond acceptors (Lipinski definition) is 1. The average molecular weight is 225 g/mol. The summed E-state index contributed by atoms with van der Waals surface area (Å²) in [5.41, 5.74) is 0. The average Bonchev–Trinajstić information content (AvgIpc) is 2.46. The molecule has 1 fully saturated rings. The lowest BCUT2D eigenvalue weighted by Crippen LogP contribution is -2.38. The van der Waals surface area contributed by atoms with E-state index >= 15 is 0 Å². The van der Waals surface area contributed by atoms with E-state index in [0.717, 1.165) is 23.8 Å². The zero-order valence-electron chi connectivity index (χ0n) is 11.8. The van der Waals surface area contributed by atoms with Gasteiger partial charge in [-0.1, -0.05) is 52.9 Å². The summed E-state index contributed by atoms with van der Waals surface area (Å²) in [5.74, 6) is 2.73. The first kappa shape index (κ1) is 14.0. The van der Waals surface area contributed by atoms with Gasteiger partial charge < -0.3 is 5.32 Å². The van der Waals surface area contributed by atoms with Gasteiger partial charge in [-0.3, -0.25) is 0 Å². The molecule has 3 atom stereocenters. The normalized spacial score (nSPS) is 29.1. The Bertz CT molecular complexity index is 176. The van der Waals surface area contributed by atoms with Gasteiger partial charge >= 0.3 is 0 Å². The van der Waals surface area contributed by atoms with E-state index in [9.17, 15) is 0 Å². The van der Waals surface area contributed by atoms with Crippen LogP contribution in [-0.2, 0) is 0 Å². The molecule has 0 aromatic heterocycles. The van der Waals surface area contributed by atoms with Gasteiger partial charge in [-0.05, 0) is 37.6 Å². The second-order valence-electron chi connectivity index (χ2n) is 5.98. The Labute approximate surface area is 102 Å². The van der Waals surface area contributed by atoms with Crippen molar-refractivity contribution in [2.24, 2.45) is 17.8 Å². The van der Waals surface area contributed by atoms with E-state index in [2.05, 4.69) is 33.1 Å². The minimum atomic E-state index is 0.736. The maximum absolute atomic E-state index is 3.55. The van der Waals surface area contributed by atoms with Crippen LogP contribution in [0.2, 0.25) is 0 Å². The Balaban J connectivity index is 2.45. The number of rotatable bonds is 5. The Morgan fingerprint density at radius 2 is 1.88 bits per heavy atom. The van der Waals surface area contributed by atoms with Gasteiger partial charge in [0.1, 0.15) is 0 Å². The maximum atomic E-state index is 3.55. The summed E-state index contributed by atoms with van der Waals surface area (Å²) in [7, 11) is 2.14. The van der Waals surface area contributed by atoms with Crippen molar-refractivity contribution < 1.29 is 0 Å². The summed E-state index contributed by atoms with van der Waals surface area (Å²) in [6.07, 6.45) is 10.1. The molecule has 1 aliphatic rings. The van der Waals surface area contributed by atoms with Crippen molar-refractivity contribution in [3.63, 3.8) is 0 Å². The highest BCUT2D eigenvalue weighted by Gasteiger charge is 2.26. The molecule has 16 heavy (non-hydrogen) atoms. The lowest BCUT2D eigenvalue weighted by atomic mass is 9.85. The van der Waals surface area contributed by atoms with Crippen LogP contribution in [0.25, 0.3) is 0 Å². The first-order chi connectivity index (χ1) is 7.69. The third-order valence-corrected chi connectivity index (χ3v) is 4.39. The molecule has 1 aliphatic carbocycles. The van der Waals surface area contributed by atoms with Crippen LogP contribution in [0, 0.1) is 17.8 Å². The van der Waals surface area contributed by atoms with Gasteiger partial charge in [0.05, 0.1) is 0 Å². The van der Waals surface area contributed by atoms with Crippen LogP contribution in [0.5, 0.6) is 0 Å². The number of hydrogen-bond donors (Lipinski definition) is 1. The van der Waals surface area contributed by atoms with Gasteiger partial charge in [-0.25, -0.2) is 0 Å². The van der Waals surface area contributed by atoms with E-state index in [1.807, 2.05) is 0 Å². The van der Waals surface area contributed by atoms with Gasteiger partial charge in [0.15, 0.2) is 0 Å². The van der Waals surface area contributed by atoms with E-state index in [1.54, 1.807) is 0 Å². The fraction of sp³-hybridized carbons (Fsp3) is 1.00. The molecule has 1 heteroatoms. The second-order valence-corrected chi connectivity index (χ2v) is 5.98. The zero-order chi connectivity index (χ0) is 12.0. The summed E-state index contributed by atoms with van der Waals surface area (Å²) in [6, 6.07) is 0.736. The minimum Gasteiger partial charge on any atom is -0.316 e. The summed E-state index contributed by atoms with van der Waals surface area (Å²) in [5, 5.41) is 3.55. The third-order valence-electron chi connectivity index (χ3n) is 4.39. The molecule has 1 N–H and O–H groups in total. The smallest absolute Gasteiger partial charge is 0.0115 e. The maximum Gasteiger partial charge on any atom is 0.0115 e. The molecule has 0 aromatic rings. The molecule has 96 valence electrons. The highest BCUT2D eigenvalue weighted by molar-refractivity contribution is 4.81. The molecule has 0 heterocycles. The quantitative estimate of drug-likeness (QED) is 0.691. The third kappa shape index (κ3) is 4.08. The van der Waals surface area contributed by atoms with Gasteiger partial charge in [-0.15, -0.1) is 0 Å². The zero-order valence-corrected chi connectivity index (χ0v) is 11.8. The molecule has 0 amide bonds. The highest BCUT2D eigenvalue weighted by Crippen LogP contribution is 2.33. The summed E-state index contributed by atoms with van der Waals surface area (Å²) >= 11 is 0. The van der Waals surface area contributed by atoms with Crippen LogP contribution < -0.4 is 5.32 Å². The van der Waals surface area contributed by atoms with Crippen molar-refractivity contribution in [2.75, 3.05) is 7.05 Å². The van der Waals surface area contributed by atoms with Crippen LogP contribution in [0.1, 0.15) is 65.7 Å². The summed E-state index contributed by atoms with van der Waals surface area (Å²) in [6.45, 7) is 7.04. The largest absolute Gasteiger partial charge is 0.316 e. The van der Waals surface area contributed by atoms with Crippen molar-refractivity contribution >= 4 is 0 Å². The molecular weight excluding hydrogens is 194 g/mol. The van der Waals surface area contributed by atoms with Crippen molar-refractivity contribution in [2.45, 2.75) is 71.8 Å². The van der Waals surface area contributed by atoms with E-state index in [4.69, 9.17) is 0 Å². The summed E-state index contributed by atoms with van der Waals surface area (Å²) in [4.78, 5) is 0. The monoisotopic (exact) mass is 225 g/mol. The Morgan fingerprint density at radius 1 is 1.12 bits per heavy atom. The molecule has 0 bridgehead atoms. The van der Waals surface area contributed by atoms with Gasteiger partial charge in [0.2, 0.25) is 0 Å². The SMILES string of the molecule is CCCC1CCCC(C(NC)C(C)C)CC1. The van der Waals surface area contributed by atoms with Crippen LogP contribution in [0.3, 0.4) is 0 Å². The first-order valence-corrected chi connectivity index (χ1v) is 7.36. The van der Waals surface area contributed by atoms with Crippen LogP contribution >= 0.6 is 0 Å². The topological polar surface area (TPSA) is 12.0 Å². The molecule has 0 spiro atoms. The van der Waals surface area contributed by atoms with Crippen molar-refractivity contribution in [3.05, 3.63) is 0 Å². The van der Waals surface area contributed by atoms with Crippen LogP contribution in [0.15, 0.2) is 0 Å². The summed E-state index contributed by atoms with van der Waals surface area (Å²) < 4.78 is 0. The highest BCUT2D eigenvalue weighted by atomic mass is 14.9. The Kier molecular flexibility index (Phi) is 6.41. The molecule has 0 radical (unpaired) electrons. The fourth-order valence-electron chi connectivity index (χ4n) is 3.58. The van der Waals surface area contributed by atoms with E-state index in [-0.39, 0.29) is 0 Å². The van der Waals surface area contributed by atoms with Crippen LogP contribution in [0.4, 0.5) is 0 Å². The van der Waals surface area contributed by atoms with Crippen molar-refractivity contribution in [1.29, 1.82) is 0 Å². The van der Waals surface area contributed by atoms with Crippen molar-refractivity contribution in [3.8, 4) is 0 Å². The minimum absolute atomic E-state index is 0.736. The molecular formula is C15H31N. The molecule has 3 unspecified atom stereocenters. The second kappa shape index (κ2) is 7.32. The molecule has 0 aromatic carbocycles. The fourth-order valence-corrected chi connectivity index (χ4v) is 3.58. The lowest BCUT2D eigenvalue weighted by Gasteiger charge is -2.29. The standard InChI is InChI=1S/C15H31N/c1-5-7-13-8-6-9-14(11-10-13)15(16-4)12(2)3/h12-16H,5-11H2,1-4H3. The molecule has 0 saturated heterocycles. The van der Waals surface area contributed by atoms with Crippen molar-refractivity contribution in [1.82, 2.24) is 5.32 Å². The first-order valence-electron chi connectivity index (χ1n) is 7.36. The predicted octanol–water partition coefficient (Wildman–Crippen LogP) is 4.23. The van der Waals surface area contributed by atoms with Crippen LogP contribution in [-0.4, -0.2) is 13.1 Å². The molecule has 0 aliphatic heterocycles. The molecule has 1 nitrogen and oxygen atoms in total. The molecule has 1 rings (SSSR count). The lowest BCUT2D eigenvalue weighted by molar-refractivity contribution is 0.268. The Hall–Kier alpha value is -0.0400. The Morgan fingerprint density at radius 3 is 2.44 bits per heavy atom. The van der Waals surface area contributed by atoms with Gasteiger partial charge in [0, 0.05) is 6.04 Å². The van der Waals surface area contributed by atoms with Gasteiger partial charge in [0.25, 0.3) is 0 Å². The predicted molar refractivity (Wildman–Crippen MR) is 72.7 cm³/mol.